The maximum atomic E-state index is 6.44. The van der Waals surface area contributed by atoms with Crippen LogP contribution in [0.5, 0.6) is 5.75 Å². The van der Waals surface area contributed by atoms with Gasteiger partial charge in [0.25, 0.3) is 0 Å². The third kappa shape index (κ3) is 3.04. The summed E-state index contributed by atoms with van der Waals surface area (Å²) >= 11 is 0. The zero-order chi connectivity index (χ0) is 18.3. The molecular weight excluding hydrogens is 320 g/mol. The zero-order valence-corrected chi connectivity index (χ0v) is 16.1. The summed E-state index contributed by atoms with van der Waals surface area (Å²) in [4.78, 5) is 0. The summed E-state index contributed by atoms with van der Waals surface area (Å²) in [6.07, 6.45) is 3.65. The predicted octanol–water partition coefficient (Wildman–Crippen LogP) is 4.75. The van der Waals surface area contributed by atoms with E-state index in [1.807, 2.05) is 5.01 Å². The minimum absolute atomic E-state index is 0.257. The summed E-state index contributed by atoms with van der Waals surface area (Å²) in [7, 11) is 0. The third-order valence-corrected chi connectivity index (χ3v) is 6.38. The van der Waals surface area contributed by atoms with Crippen LogP contribution in [-0.4, -0.2) is 17.7 Å². The molecule has 0 saturated carbocycles. The first-order chi connectivity index (χ1) is 12.6. The van der Waals surface area contributed by atoms with Gasteiger partial charge in [0.05, 0.1) is 6.04 Å². The van der Waals surface area contributed by atoms with E-state index < -0.39 is 0 Å². The monoisotopic (exact) mass is 350 g/mol. The van der Waals surface area contributed by atoms with Gasteiger partial charge in [-0.1, -0.05) is 49.4 Å². The molecule has 1 saturated heterocycles. The third-order valence-electron chi connectivity index (χ3n) is 6.38. The highest BCUT2D eigenvalue weighted by Gasteiger charge is 2.35. The molecule has 2 aromatic carbocycles. The van der Waals surface area contributed by atoms with Crippen molar-refractivity contribution in [3.05, 3.63) is 64.7 Å². The highest BCUT2D eigenvalue weighted by atomic mass is 16.5. The first kappa shape index (κ1) is 17.6. The lowest BCUT2D eigenvalue weighted by molar-refractivity contribution is 0.0920. The van der Waals surface area contributed by atoms with E-state index in [4.69, 9.17) is 10.6 Å². The second kappa shape index (κ2) is 7.05. The molecule has 0 spiro atoms. The number of piperidine rings is 1. The van der Waals surface area contributed by atoms with E-state index in [1.165, 1.54) is 28.7 Å². The number of rotatable bonds is 3. The van der Waals surface area contributed by atoms with E-state index in [0.717, 1.165) is 25.1 Å². The molecule has 1 fully saturated rings. The van der Waals surface area contributed by atoms with Crippen LogP contribution >= 0.6 is 0 Å². The molecule has 0 aliphatic carbocycles. The number of ether oxygens (including phenoxy) is 1. The Labute approximate surface area is 157 Å². The number of nitrogens with zero attached hydrogens (tertiary/aromatic N) is 1. The Hall–Kier alpha value is -1.84. The van der Waals surface area contributed by atoms with E-state index in [1.54, 1.807) is 0 Å². The second-order valence-corrected chi connectivity index (χ2v) is 8.10. The number of nitrogens with two attached hydrogens (primary N) is 1. The standard InChI is InChI=1S/C23H30N2O/c1-15-11-12-20(23-21(15)16(2)17(3)26-23)14-19-10-7-13-25(24)22(19)18-8-5-4-6-9-18/h4-6,8-9,11-12,16-17,19,22H,7,10,13-14,24H2,1-3H3/t16-,17+,19?,22?/m1/s1. The van der Waals surface area contributed by atoms with Crippen LogP contribution in [0, 0.1) is 12.8 Å². The number of aryl methyl sites for hydroxylation is 1. The van der Waals surface area contributed by atoms with Crippen LogP contribution < -0.4 is 10.6 Å². The highest BCUT2D eigenvalue weighted by molar-refractivity contribution is 5.51. The number of fused-ring (bicyclic) bond motifs is 1. The largest absolute Gasteiger partial charge is 0.489 e. The Morgan fingerprint density at radius 1 is 1.12 bits per heavy atom. The summed E-state index contributed by atoms with van der Waals surface area (Å²) in [6, 6.07) is 15.6. The van der Waals surface area contributed by atoms with Crippen molar-refractivity contribution in [2.75, 3.05) is 6.54 Å². The maximum absolute atomic E-state index is 6.44. The first-order valence-corrected chi connectivity index (χ1v) is 9.91. The number of benzene rings is 2. The average Bonchev–Trinajstić information content (AvgIpc) is 2.94. The Morgan fingerprint density at radius 3 is 2.65 bits per heavy atom. The van der Waals surface area contributed by atoms with Gasteiger partial charge in [-0.3, -0.25) is 5.84 Å². The molecular formula is C23H30N2O. The van der Waals surface area contributed by atoms with E-state index in [2.05, 4.69) is 63.2 Å². The molecule has 3 nitrogen and oxygen atoms in total. The van der Waals surface area contributed by atoms with Crippen LogP contribution in [0.25, 0.3) is 0 Å². The molecule has 2 aliphatic rings. The van der Waals surface area contributed by atoms with Crippen molar-refractivity contribution in [2.45, 2.75) is 58.1 Å². The minimum Gasteiger partial charge on any atom is -0.489 e. The van der Waals surface area contributed by atoms with Gasteiger partial charge in [0.2, 0.25) is 0 Å². The van der Waals surface area contributed by atoms with Gasteiger partial charge in [0.1, 0.15) is 11.9 Å². The van der Waals surface area contributed by atoms with Crippen LogP contribution in [0.2, 0.25) is 0 Å². The van der Waals surface area contributed by atoms with Gasteiger partial charge >= 0.3 is 0 Å². The lowest BCUT2D eigenvalue weighted by atomic mass is 9.80. The molecule has 2 N–H and O–H groups in total. The molecule has 3 heteroatoms. The molecule has 0 radical (unpaired) electrons. The van der Waals surface area contributed by atoms with Gasteiger partial charge in [-0.15, -0.1) is 0 Å². The summed E-state index contributed by atoms with van der Waals surface area (Å²) in [5, 5.41) is 2.05. The van der Waals surface area contributed by atoms with Crippen LogP contribution in [0.15, 0.2) is 42.5 Å². The van der Waals surface area contributed by atoms with E-state index >= 15 is 0 Å². The van der Waals surface area contributed by atoms with Crippen molar-refractivity contribution >= 4 is 0 Å². The number of hydrogen-bond acceptors (Lipinski definition) is 3. The smallest absolute Gasteiger partial charge is 0.126 e. The topological polar surface area (TPSA) is 38.5 Å². The van der Waals surface area contributed by atoms with E-state index in [-0.39, 0.29) is 12.1 Å². The van der Waals surface area contributed by atoms with Crippen molar-refractivity contribution in [2.24, 2.45) is 11.8 Å². The normalized spacial score (nSPS) is 28.6. The van der Waals surface area contributed by atoms with Crippen LogP contribution in [0.3, 0.4) is 0 Å². The number of hydrogen-bond donors (Lipinski definition) is 1. The fourth-order valence-electron chi connectivity index (χ4n) is 4.85. The molecule has 0 aromatic heterocycles. The Kier molecular flexibility index (Phi) is 4.76. The van der Waals surface area contributed by atoms with Crippen LogP contribution in [0.1, 0.15) is 60.9 Å². The molecule has 2 aliphatic heterocycles. The average molecular weight is 351 g/mol. The van der Waals surface area contributed by atoms with Crippen molar-refractivity contribution < 1.29 is 4.74 Å². The molecule has 138 valence electrons. The molecule has 2 heterocycles. The molecule has 0 amide bonds. The van der Waals surface area contributed by atoms with E-state index in [0.29, 0.717) is 11.8 Å². The van der Waals surface area contributed by atoms with Gasteiger partial charge in [0.15, 0.2) is 0 Å². The Balaban J connectivity index is 1.66. The fraction of sp³-hybridized carbons (Fsp3) is 0.478. The zero-order valence-electron chi connectivity index (χ0n) is 16.1. The SMILES string of the molecule is Cc1ccc(CC2CCCN(N)C2c2ccccc2)c2c1[C@H](C)[C@H](C)O2. The van der Waals surface area contributed by atoms with Crippen molar-refractivity contribution in [1.29, 1.82) is 0 Å². The summed E-state index contributed by atoms with van der Waals surface area (Å²) in [5.74, 6) is 8.56. The first-order valence-electron chi connectivity index (χ1n) is 9.91. The summed E-state index contributed by atoms with van der Waals surface area (Å²) in [6.45, 7) is 7.63. The summed E-state index contributed by atoms with van der Waals surface area (Å²) in [5.41, 5.74) is 5.44. The quantitative estimate of drug-likeness (QED) is 0.812. The second-order valence-electron chi connectivity index (χ2n) is 8.10. The molecule has 26 heavy (non-hydrogen) atoms. The minimum atomic E-state index is 0.257. The maximum Gasteiger partial charge on any atom is 0.126 e. The van der Waals surface area contributed by atoms with E-state index in [9.17, 15) is 0 Å². The van der Waals surface area contributed by atoms with Crippen LogP contribution in [0.4, 0.5) is 0 Å². The van der Waals surface area contributed by atoms with Crippen molar-refractivity contribution in [3.63, 3.8) is 0 Å². The van der Waals surface area contributed by atoms with Gasteiger partial charge in [-0.2, -0.15) is 0 Å². The molecule has 2 unspecified atom stereocenters. The van der Waals surface area contributed by atoms with Crippen LogP contribution in [-0.2, 0) is 6.42 Å². The lowest BCUT2D eigenvalue weighted by Gasteiger charge is -2.39. The molecule has 0 bridgehead atoms. The van der Waals surface area contributed by atoms with Gasteiger partial charge in [-0.25, -0.2) is 5.01 Å². The Bertz CT molecular complexity index is 773. The summed E-state index contributed by atoms with van der Waals surface area (Å²) < 4.78 is 6.30. The van der Waals surface area contributed by atoms with Gasteiger partial charge < -0.3 is 4.74 Å². The highest BCUT2D eigenvalue weighted by Crippen LogP contribution is 2.45. The Morgan fingerprint density at radius 2 is 1.88 bits per heavy atom. The number of hydrazine groups is 1. The molecule has 2 aromatic rings. The molecule has 4 atom stereocenters. The predicted molar refractivity (Wildman–Crippen MR) is 106 cm³/mol. The van der Waals surface area contributed by atoms with Crippen molar-refractivity contribution in [3.8, 4) is 5.75 Å². The van der Waals surface area contributed by atoms with Crippen molar-refractivity contribution in [1.82, 2.24) is 5.01 Å². The lowest BCUT2D eigenvalue weighted by Crippen LogP contribution is -2.44. The van der Waals surface area contributed by atoms with Gasteiger partial charge in [0, 0.05) is 18.0 Å². The fourth-order valence-corrected chi connectivity index (χ4v) is 4.85. The molecule has 4 rings (SSSR count). The van der Waals surface area contributed by atoms with Gasteiger partial charge in [-0.05, 0) is 55.7 Å².